The summed E-state index contributed by atoms with van der Waals surface area (Å²) < 4.78 is 31.2. The first kappa shape index (κ1) is 10.9. The Labute approximate surface area is 77.4 Å². The largest absolute Gasteiger partial charge is 0.381 e. The monoisotopic (exact) mass is 193 g/mol. The Kier molecular flexibility index (Phi) is 3.24. The van der Waals surface area contributed by atoms with Crippen molar-refractivity contribution in [3.8, 4) is 0 Å². The zero-order valence-electron chi connectivity index (χ0n) is 7.98. The highest BCUT2D eigenvalue weighted by molar-refractivity contribution is 4.84. The van der Waals surface area contributed by atoms with E-state index in [1.54, 1.807) is 0 Å². The summed E-state index contributed by atoms with van der Waals surface area (Å²) in [6, 6.07) is 0. The third kappa shape index (κ3) is 3.19. The van der Waals surface area contributed by atoms with Gasteiger partial charge in [0.15, 0.2) is 0 Å². The summed E-state index contributed by atoms with van der Waals surface area (Å²) in [6.07, 6.45) is 1.31. The van der Waals surface area contributed by atoms with Gasteiger partial charge in [-0.25, -0.2) is 8.78 Å². The van der Waals surface area contributed by atoms with E-state index in [-0.39, 0.29) is 11.8 Å². The average Bonchev–Trinajstić information content (AvgIpc) is 2.04. The molecule has 1 saturated heterocycles. The van der Waals surface area contributed by atoms with Crippen LogP contribution in [-0.2, 0) is 4.74 Å². The van der Waals surface area contributed by atoms with Gasteiger partial charge in [-0.2, -0.15) is 0 Å². The molecule has 2 nitrogen and oxygen atoms in total. The van der Waals surface area contributed by atoms with Gasteiger partial charge in [0.1, 0.15) is 0 Å². The molecule has 1 heterocycles. The van der Waals surface area contributed by atoms with Gasteiger partial charge >= 0.3 is 0 Å². The maximum Gasteiger partial charge on any atom is 0.260 e. The number of hydrogen-bond acceptors (Lipinski definition) is 2. The molecule has 0 amide bonds. The Hall–Kier alpha value is -0.220. The van der Waals surface area contributed by atoms with Gasteiger partial charge in [-0.15, -0.1) is 0 Å². The molecule has 1 aliphatic heterocycles. The van der Waals surface area contributed by atoms with Gasteiger partial charge in [-0.1, -0.05) is 6.92 Å². The highest BCUT2D eigenvalue weighted by atomic mass is 19.3. The maximum atomic E-state index is 13.0. The van der Waals surface area contributed by atoms with Crippen LogP contribution in [-0.4, -0.2) is 25.7 Å². The minimum atomic E-state index is -2.72. The summed E-state index contributed by atoms with van der Waals surface area (Å²) >= 11 is 0. The molecule has 0 aliphatic carbocycles. The lowest BCUT2D eigenvalue weighted by molar-refractivity contribution is -0.0671. The van der Waals surface area contributed by atoms with Gasteiger partial charge in [0, 0.05) is 19.6 Å². The Morgan fingerprint density at radius 2 is 1.92 bits per heavy atom. The standard InChI is InChI=1S/C9H17F2NO/c1-8(2-4-13-5-3-8)6-9(10,11)7-12/h2-7,12H2,1H3. The molecule has 13 heavy (non-hydrogen) atoms. The van der Waals surface area contributed by atoms with Crippen LogP contribution in [0.3, 0.4) is 0 Å². The van der Waals surface area contributed by atoms with Crippen LogP contribution in [0.5, 0.6) is 0 Å². The molecule has 0 unspecified atom stereocenters. The van der Waals surface area contributed by atoms with E-state index in [9.17, 15) is 8.78 Å². The fourth-order valence-electron chi connectivity index (χ4n) is 1.74. The molecule has 4 heteroatoms. The van der Waals surface area contributed by atoms with Gasteiger partial charge in [-0.05, 0) is 18.3 Å². The number of rotatable bonds is 3. The molecule has 0 saturated carbocycles. The first-order valence-corrected chi connectivity index (χ1v) is 4.63. The van der Waals surface area contributed by atoms with Gasteiger partial charge in [-0.3, -0.25) is 0 Å². The minimum absolute atomic E-state index is 0.111. The van der Waals surface area contributed by atoms with Crippen molar-refractivity contribution >= 4 is 0 Å². The van der Waals surface area contributed by atoms with Crippen LogP contribution in [0.25, 0.3) is 0 Å². The van der Waals surface area contributed by atoms with Crippen LogP contribution in [0, 0.1) is 5.41 Å². The van der Waals surface area contributed by atoms with Crippen LogP contribution in [0.15, 0.2) is 0 Å². The van der Waals surface area contributed by atoms with E-state index in [2.05, 4.69) is 0 Å². The van der Waals surface area contributed by atoms with Crippen molar-refractivity contribution < 1.29 is 13.5 Å². The second-order valence-corrected chi connectivity index (χ2v) is 4.16. The minimum Gasteiger partial charge on any atom is -0.381 e. The van der Waals surface area contributed by atoms with Gasteiger partial charge in [0.2, 0.25) is 0 Å². The molecule has 0 spiro atoms. The quantitative estimate of drug-likeness (QED) is 0.741. The molecule has 1 rings (SSSR count). The Bertz CT molecular complexity index is 167. The molecule has 0 aromatic heterocycles. The topological polar surface area (TPSA) is 35.2 Å². The van der Waals surface area contributed by atoms with Crippen LogP contribution in [0.2, 0.25) is 0 Å². The molecule has 0 atom stereocenters. The van der Waals surface area contributed by atoms with Crippen LogP contribution in [0.1, 0.15) is 26.2 Å². The first-order chi connectivity index (χ1) is 5.97. The molecule has 0 aromatic carbocycles. The molecule has 0 radical (unpaired) electrons. The number of hydrogen-bond donors (Lipinski definition) is 1. The van der Waals surface area contributed by atoms with E-state index in [0.717, 1.165) is 0 Å². The molecular weight excluding hydrogens is 176 g/mol. The molecule has 1 fully saturated rings. The molecule has 78 valence electrons. The molecular formula is C9H17F2NO. The smallest absolute Gasteiger partial charge is 0.260 e. The van der Waals surface area contributed by atoms with Crippen LogP contribution < -0.4 is 5.73 Å². The first-order valence-electron chi connectivity index (χ1n) is 4.63. The number of alkyl halides is 2. The van der Waals surface area contributed by atoms with Gasteiger partial charge < -0.3 is 10.5 Å². The van der Waals surface area contributed by atoms with E-state index < -0.39 is 12.5 Å². The lowest BCUT2D eigenvalue weighted by Gasteiger charge is -2.35. The lowest BCUT2D eigenvalue weighted by Crippen LogP contribution is -2.37. The molecule has 1 aliphatic rings. The maximum absolute atomic E-state index is 13.0. The summed E-state index contributed by atoms with van der Waals surface area (Å²) in [6.45, 7) is 2.52. The van der Waals surface area contributed by atoms with E-state index in [1.165, 1.54) is 0 Å². The fraction of sp³-hybridized carbons (Fsp3) is 1.00. The van der Waals surface area contributed by atoms with Crippen molar-refractivity contribution in [2.45, 2.75) is 32.1 Å². The van der Waals surface area contributed by atoms with Crippen molar-refractivity contribution in [3.05, 3.63) is 0 Å². The fourth-order valence-corrected chi connectivity index (χ4v) is 1.74. The number of halogens is 2. The SMILES string of the molecule is CC1(CC(F)(F)CN)CCOCC1. The van der Waals surface area contributed by atoms with Crippen molar-refractivity contribution in [1.82, 2.24) is 0 Å². The Morgan fingerprint density at radius 1 is 1.38 bits per heavy atom. The van der Waals surface area contributed by atoms with E-state index in [4.69, 9.17) is 10.5 Å². The van der Waals surface area contributed by atoms with Crippen molar-refractivity contribution in [1.29, 1.82) is 0 Å². The van der Waals surface area contributed by atoms with Crippen molar-refractivity contribution in [2.75, 3.05) is 19.8 Å². The summed E-state index contributed by atoms with van der Waals surface area (Å²) in [7, 11) is 0. The zero-order chi connectivity index (χ0) is 9.95. The third-order valence-electron chi connectivity index (χ3n) is 2.68. The number of ether oxygens (including phenoxy) is 1. The molecule has 0 aromatic rings. The van der Waals surface area contributed by atoms with Crippen molar-refractivity contribution in [3.63, 3.8) is 0 Å². The zero-order valence-corrected chi connectivity index (χ0v) is 7.98. The van der Waals surface area contributed by atoms with Crippen LogP contribution >= 0.6 is 0 Å². The van der Waals surface area contributed by atoms with E-state index in [0.29, 0.717) is 26.1 Å². The lowest BCUT2D eigenvalue weighted by atomic mass is 9.77. The summed E-state index contributed by atoms with van der Waals surface area (Å²) in [5.41, 5.74) is 4.71. The predicted molar refractivity (Wildman–Crippen MR) is 46.8 cm³/mol. The third-order valence-corrected chi connectivity index (χ3v) is 2.68. The van der Waals surface area contributed by atoms with E-state index >= 15 is 0 Å². The summed E-state index contributed by atoms with van der Waals surface area (Å²) in [5, 5.41) is 0. The predicted octanol–water partition coefficient (Wildman–Crippen LogP) is 1.79. The Morgan fingerprint density at radius 3 is 2.38 bits per heavy atom. The highest BCUT2D eigenvalue weighted by Gasteiger charge is 2.38. The second kappa shape index (κ2) is 3.88. The molecule has 0 bridgehead atoms. The van der Waals surface area contributed by atoms with Gasteiger partial charge in [0.25, 0.3) is 5.92 Å². The summed E-state index contributed by atoms with van der Waals surface area (Å²) in [4.78, 5) is 0. The van der Waals surface area contributed by atoms with Crippen molar-refractivity contribution in [2.24, 2.45) is 11.1 Å². The average molecular weight is 193 g/mol. The van der Waals surface area contributed by atoms with E-state index in [1.807, 2.05) is 6.92 Å². The summed E-state index contributed by atoms with van der Waals surface area (Å²) in [5.74, 6) is -2.72. The van der Waals surface area contributed by atoms with Crippen LogP contribution in [0.4, 0.5) is 8.78 Å². The number of nitrogens with two attached hydrogens (primary N) is 1. The second-order valence-electron chi connectivity index (χ2n) is 4.16. The Balaban J connectivity index is 2.49. The van der Waals surface area contributed by atoms with Gasteiger partial charge in [0.05, 0.1) is 6.54 Å². The molecule has 2 N–H and O–H groups in total. The normalized spacial score (nSPS) is 23.1. The highest BCUT2D eigenvalue weighted by Crippen LogP contribution is 2.39.